The van der Waals surface area contributed by atoms with Gasteiger partial charge in [-0.2, -0.15) is 0 Å². The van der Waals surface area contributed by atoms with Gasteiger partial charge >= 0.3 is 6.03 Å². The molecule has 0 fully saturated rings. The number of hydrogen-bond acceptors (Lipinski definition) is 2. The highest BCUT2D eigenvalue weighted by atomic mass is 35.5. The van der Waals surface area contributed by atoms with Gasteiger partial charge in [-0.3, -0.25) is 4.79 Å². The van der Waals surface area contributed by atoms with Crippen molar-refractivity contribution in [2.45, 2.75) is 12.3 Å². The van der Waals surface area contributed by atoms with Crippen LogP contribution in [0.3, 0.4) is 0 Å². The number of rotatable bonds is 7. The second kappa shape index (κ2) is 9.87. The molecule has 0 radical (unpaired) electrons. The Hall–Kier alpha value is -2.70. The van der Waals surface area contributed by atoms with Crippen LogP contribution in [0, 0.1) is 0 Å². The van der Waals surface area contributed by atoms with Crippen molar-refractivity contribution in [2.24, 2.45) is 0 Å². The number of nitrogens with one attached hydrogen (secondary N) is 3. The van der Waals surface area contributed by atoms with Gasteiger partial charge in [-0.15, -0.1) is 0 Å². The van der Waals surface area contributed by atoms with Crippen LogP contribution in [0.4, 0.5) is 4.79 Å². The number of aromatic amines is 1. The van der Waals surface area contributed by atoms with Gasteiger partial charge in [-0.1, -0.05) is 47.5 Å². The maximum atomic E-state index is 12.3. The first-order valence-corrected chi connectivity index (χ1v) is 10.3. The van der Waals surface area contributed by atoms with Crippen molar-refractivity contribution in [3.63, 3.8) is 0 Å². The number of benzene rings is 2. The number of urea groups is 1. The average Bonchev–Trinajstić information content (AvgIpc) is 3.13. The molecular weight excluding hydrogens is 423 g/mol. The van der Waals surface area contributed by atoms with E-state index >= 15 is 0 Å². The third kappa shape index (κ3) is 5.26. The van der Waals surface area contributed by atoms with Crippen LogP contribution in [-0.4, -0.2) is 49.0 Å². The molecule has 0 aliphatic carbocycles. The highest BCUT2D eigenvalue weighted by Crippen LogP contribution is 2.35. The van der Waals surface area contributed by atoms with Crippen molar-refractivity contribution in [1.82, 2.24) is 20.5 Å². The minimum absolute atomic E-state index is 0.0417. The summed E-state index contributed by atoms with van der Waals surface area (Å²) in [6.07, 6.45) is 2.19. The zero-order chi connectivity index (χ0) is 21.7. The molecule has 0 saturated heterocycles. The second-order valence-corrected chi connectivity index (χ2v) is 8.03. The molecule has 30 heavy (non-hydrogen) atoms. The van der Waals surface area contributed by atoms with Crippen molar-refractivity contribution in [2.75, 3.05) is 27.2 Å². The Morgan fingerprint density at radius 3 is 2.57 bits per heavy atom. The second-order valence-electron chi connectivity index (χ2n) is 7.18. The van der Waals surface area contributed by atoms with Crippen LogP contribution in [0.5, 0.6) is 0 Å². The molecule has 2 aromatic carbocycles. The van der Waals surface area contributed by atoms with Crippen LogP contribution in [0.1, 0.15) is 23.5 Å². The smallest absolute Gasteiger partial charge is 0.314 e. The van der Waals surface area contributed by atoms with E-state index in [1.807, 2.05) is 36.5 Å². The number of amides is 3. The normalized spacial score (nSPS) is 11.9. The van der Waals surface area contributed by atoms with Crippen molar-refractivity contribution in [3.8, 4) is 0 Å². The lowest BCUT2D eigenvalue weighted by Crippen LogP contribution is -2.39. The fourth-order valence-electron chi connectivity index (χ4n) is 3.32. The molecule has 1 unspecified atom stereocenters. The fourth-order valence-corrected chi connectivity index (χ4v) is 3.86. The summed E-state index contributed by atoms with van der Waals surface area (Å²) in [5, 5.41) is 7.77. The molecule has 3 amide bonds. The molecule has 0 aliphatic rings. The quantitative estimate of drug-likeness (QED) is 0.503. The molecule has 1 heterocycles. The highest BCUT2D eigenvalue weighted by molar-refractivity contribution is 6.35. The predicted octanol–water partition coefficient (Wildman–Crippen LogP) is 4.38. The molecule has 0 aliphatic heterocycles. The van der Waals surface area contributed by atoms with E-state index in [1.165, 1.54) is 4.90 Å². The summed E-state index contributed by atoms with van der Waals surface area (Å²) in [4.78, 5) is 28.7. The zero-order valence-electron chi connectivity index (χ0n) is 16.8. The largest absolute Gasteiger partial charge is 0.361 e. The Bertz CT molecular complexity index is 1050. The van der Waals surface area contributed by atoms with E-state index in [2.05, 4.69) is 15.6 Å². The van der Waals surface area contributed by atoms with Crippen molar-refractivity contribution in [1.29, 1.82) is 0 Å². The summed E-state index contributed by atoms with van der Waals surface area (Å²) in [6, 6.07) is 13.0. The first-order chi connectivity index (χ1) is 14.4. The van der Waals surface area contributed by atoms with Crippen LogP contribution >= 0.6 is 23.2 Å². The molecule has 6 nitrogen and oxygen atoms in total. The average molecular weight is 447 g/mol. The zero-order valence-corrected chi connectivity index (χ0v) is 18.3. The molecule has 0 spiro atoms. The summed E-state index contributed by atoms with van der Waals surface area (Å²) < 4.78 is 0. The number of carbonyl (C=O) groups excluding carboxylic acids is 2. The number of fused-ring (bicyclic) bond motifs is 1. The molecule has 0 bridgehead atoms. The van der Waals surface area contributed by atoms with Crippen LogP contribution in [-0.2, 0) is 4.79 Å². The van der Waals surface area contributed by atoms with Gasteiger partial charge in [0.15, 0.2) is 0 Å². The standard InChI is InChI=1S/C22H24Cl2N4O2/c1-28(2)21(29)9-10-25-22(30)27-13-17(15-8-7-14(23)11-19(15)24)18-12-26-20-6-4-3-5-16(18)20/h3-8,11-12,17,26H,9-10,13H2,1-2H3,(H2,25,27,30). The van der Waals surface area contributed by atoms with E-state index in [4.69, 9.17) is 23.2 Å². The first-order valence-electron chi connectivity index (χ1n) is 9.59. The Labute approximate surface area is 185 Å². The lowest BCUT2D eigenvalue weighted by molar-refractivity contribution is -0.128. The summed E-state index contributed by atoms with van der Waals surface area (Å²) in [5.41, 5.74) is 2.90. The van der Waals surface area contributed by atoms with Crippen molar-refractivity contribution >= 4 is 46.0 Å². The molecular formula is C22H24Cl2N4O2. The molecule has 0 saturated carbocycles. The van der Waals surface area contributed by atoms with Crippen molar-refractivity contribution < 1.29 is 9.59 Å². The van der Waals surface area contributed by atoms with Crippen molar-refractivity contribution in [3.05, 3.63) is 69.8 Å². The Kier molecular flexibility index (Phi) is 7.24. The summed E-state index contributed by atoms with van der Waals surface area (Å²) in [7, 11) is 3.37. The molecule has 1 atom stereocenters. The maximum Gasteiger partial charge on any atom is 0.314 e. The van der Waals surface area contributed by atoms with Gasteiger partial charge in [-0.25, -0.2) is 4.79 Å². The topological polar surface area (TPSA) is 77.2 Å². The van der Waals surface area contributed by atoms with Crippen LogP contribution < -0.4 is 10.6 Å². The monoisotopic (exact) mass is 446 g/mol. The summed E-state index contributed by atoms with van der Waals surface area (Å²) in [6.45, 7) is 0.596. The van der Waals surface area contributed by atoms with E-state index in [1.54, 1.807) is 26.2 Å². The third-order valence-corrected chi connectivity index (χ3v) is 5.49. The minimum atomic E-state index is -0.337. The molecule has 3 aromatic rings. The van der Waals surface area contributed by atoms with Gasteiger partial charge in [0.25, 0.3) is 0 Å². The Balaban J connectivity index is 1.77. The lowest BCUT2D eigenvalue weighted by Gasteiger charge is -2.20. The van der Waals surface area contributed by atoms with Crippen LogP contribution in [0.2, 0.25) is 10.0 Å². The van der Waals surface area contributed by atoms with Crippen LogP contribution in [0.15, 0.2) is 48.7 Å². The number of nitrogens with zero attached hydrogens (tertiary/aromatic N) is 1. The third-order valence-electron chi connectivity index (χ3n) is 4.92. The highest BCUT2D eigenvalue weighted by Gasteiger charge is 2.21. The predicted molar refractivity (Wildman–Crippen MR) is 121 cm³/mol. The van der Waals surface area contributed by atoms with Gasteiger partial charge in [0.1, 0.15) is 0 Å². The van der Waals surface area contributed by atoms with Gasteiger partial charge in [0.2, 0.25) is 5.91 Å². The number of carbonyl (C=O) groups is 2. The number of aromatic nitrogens is 1. The van der Waals surface area contributed by atoms with E-state index < -0.39 is 0 Å². The number of halogens is 2. The van der Waals surface area contributed by atoms with Gasteiger partial charge in [-0.05, 0) is 29.3 Å². The molecule has 8 heteroatoms. The summed E-state index contributed by atoms with van der Waals surface area (Å²) in [5.74, 6) is -0.222. The molecule has 3 rings (SSSR count). The maximum absolute atomic E-state index is 12.3. The molecule has 1 aromatic heterocycles. The lowest BCUT2D eigenvalue weighted by atomic mass is 9.91. The number of hydrogen-bond donors (Lipinski definition) is 3. The van der Waals surface area contributed by atoms with Gasteiger partial charge in [0.05, 0.1) is 0 Å². The molecule has 3 N–H and O–H groups in total. The Morgan fingerprint density at radius 1 is 1.07 bits per heavy atom. The fraction of sp³-hybridized carbons (Fsp3) is 0.273. The minimum Gasteiger partial charge on any atom is -0.361 e. The van der Waals surface area contributed by atoms with Gasteiger partial charge in [0, 0.05) is 66.7 Å². The number of H-pyrrole nitrogens is 1. The van der Waals surface area contributed by atoms with Gasteiger partial charge < -0.3 is 20.5 Å². The molecule has 158 valence electrons. The SMILES string of the molecule is CN(C)C(=O)CCNC(=O)NCC(c1ccc(Cl)cc1Cl)c1c[nH]c2ccccc12. The summed E-state index contributed by atoms with van der Waals surface area (Å²) >= 11 is 12.6. The van der Waals surface area contributed by atoms with E-state index in [0.717, 1.165) is 22.0 Å². The Morgan fingerprint density at radius 2 is 1.83 bits per heavy atom. The number of para-hydroxylation sites is 1. The van der Waals surface area contributed by atoms with E-state index in [-0.39, 0.29) is 30.8 Å². The van der Waals surface area contributed by atoms with Crippen LogP contribution in [0.25, 0.3) is 10.9 Å². The first kappa shape index (κ1) is 22.0. The van der Waals surface area contributed by atoms with E-state index in [9.17, 15) is 9.59 Å². The van der Waals surface area contributed by atoms with E-state index in [0.29, 0.717) is 16.6 Å².